The van der Waals surface area contributed by atoms with Gasteiger partial charge in [0.1, 0.15) is 5.56 Å². The summed E-state index contributed by atoms with van der Waals surface area (Å²) in [6.45, 7) is 3.07. The number of nitrogens with zero attached hydrogens (tertiary/aromatic N) is 2. The maximum Gasteiger partial charge on any atom is 0.343 e. The van der Waals surface area contributed by atoms with Crippen LogP contribution in [0.1, 0.15) is 29.3 Å². The van der Waals surface area contributed by atoms with Crippen LogP contribution >= 0.6 is 0 Å². The van der Waals surface area contributed by atoms with Crippen LogP contribution < -0.4 is 0 Å². The highest BCUT2D eigenvalue weighted by molar-refractivity contribution is 5.94. The molecule has 1 aliphatic heterocycles. The molecule has 114 valence electrons. The molecule has 0 aliphatic carbocycles. The summed E-state index contributed by atoms with van der Waals surface area (Å²) in [4.78, 5) is 23.6. The second-order valence-corrected chi connectivity index (χ2v) is 5.36. The molecular weight excluding hydrogens is 276 g/mol. The van der Waals surface area contributed by atoms with Crippen molar-refractivity contribution in [2.45, 2.75) is 25.9 Å². The van der Waals surface area contributed by atoms with Crippen LogP contribution in [-0.2, 0) is 6.54 Å². The van der Waals surface area contributed by atoms with E-state index in [1.807, 2.05) is 11.8 Å². The van der Waals surface area contributed by atoms with Gasteiger partial charge < -0.3 is 10.2 Å². The van der Waals surface area contributed by atoms with Gasteiger partial charge in [0, 0.05) is 18.7 Å². The highest BCUT2D eigenvalue weighted by Gasteiger charge is 2.32. The van der Waals surface area contributed by atoms with E-state index < -0.39 is 16.6 Å². The normalized spacial score (nSPS) is 22.4. The van der Waals surface area contributed by atoms with Crippen molar-refractivity contribution in [3.05, 3.63) is 39.4 Å². The molecule has 1 aromatic carbocycles. The lowest BCUT2D eigenvalue weighted by molar-refractivity contribution is -0.385. The second-order valence-electron chi connectivity index (χ2n) is 5.36. The summed E-state index contributed by atoms with van der Waals surface area (Å²) in [5.74, 6) is -0.980. The van der Waals surface area contributed by atoms with Crippen LogP contribution in [0.3, 0.4) is 0 Å². The molecule has 2 unspecified atom stereocenters. The molecular formula is C14H18N2O5. The standard InChI is InChI=1S/C14H18N2O5/c1-9-5-6-15(12(9)8-17)7-10-3-2-4-11(16(20)21)13(10)14(18)19/h2-4,9,12,17H,5-8H2,1H3,(H,18,19). The number of rotatable bonds is 5. The maximum atomic E-state index is 11.4. The van der Waals surface area contributed by atoms with Crippen LogP contribution in [0.15, 0.2) is 18.2 Å². The quantitative estimate of drug-likeness (QED) is 0.630. The van der Waals surface area contributed by atoms with Crippen LogP contribution in [0.25, 0.3) is 0 Å². The Labute approximate surface area is 122 Å². The van der Waals surface area contributed by atoms with Gasteiger partial charge in [-0.2, -0.15) is 0 Å². The molecule has 0 bridgehead atoms. The molecule has 0 spiro atoms. The van der Waals surface area contributed by atoms with E-state index in [0.29, 0.717) is 18.0 Å². The highest BCUT2D eigenvalue weighted by atomic mass is 16.6. The van der Waals surface area contributed by atoms with Crippen molar-refractivity contribution >= 4 is 11.7 Å². The summed E-state index contributed by atoms with van der Waals surface area (Å²) in [5, 5.41) is 29.7. The monoisotopic (exact) mass is 294 g/mol. The Morgan fingerprint density at radius 1 is 1.52 bits per heavy atom. The largest absolute Gasteiger partial charge is 0.477 e. The van der Waals surface area contributed by atoms with E-state index in [-0.39, 0.29) is 18.2 Å². The lowest BCUT2D eigenvalue weighted by Crippen LogP contribution is -2.35. The van der Waals surface area contributed by atoms with Crippen molar-refractivity contribution in [3.63, 3.8) is 0 Å². The lowest BCUT2D eigenvalue weighted by Gasteiger charge is -2.25. The van der Waals surface area contributed by atoms with Crippen LogP contribution in [0.4, 0.5) is 5.69 Å². The van der Waals surface area contributed by atoms with Crippen LogP contribution in [0.2, 0.25) is 0 Å². The molecule has 1 fully saturated rings. The smallest absolute Gasteiger partial charge is 0.343 e. The van der Waals surface area contributed by atoms with Gasteiger partial charge in [0.15, 0.2) is 0 Å². The van der Waals surface area contributed by atoms with Crippen LogP contribution in [0, 0.1) is 16.0 Å². The summed E-state index contributed by atoms with van der Waals surface area (Å²) in [7, 11) is 0. The van der Waals surface area contributed by atoms with Crippen LogP contribution in [-0.4, -0.2) is 45.2 Å². The molecule has 2 N–H and O–H groups in total. The van der Waals surface area contributed by atoms with E-state index in [2.05, 4.69) is 0 Å². The first-order valence-corrected chi connectivity index (χ1v) is 6.80. The minimum atomic E-state index is -1.30. The Hall–Kier alpha value is -1.99. The van der Waals surface area contributed by atoms with E-state index in [1.54, 1.807) is 6.07 Å². The first kappa shape index (κ1) is 15.4. The molecule has 7 nitrogen and oxygen atoms in total. The second kappa shape index (κ2) is 6.19. The van der Waals surface area contributed by atoms with Gasteiger partial charge in [-0.15, -0.1) is 0 Å². The molecule has 0 saturated carbocycles. The highest BCUT2D eigenvalue weighted by Crippen LogP contribution is 2.28. The number of aliphatic hydroxyl groups excluding tert-OH is 1. The fraction of sp³-hybridized carbons (Fsp3) is 0.500. The van der Waals surface area contributed by atoms with E-state index in [4.69, 9.17) is 0 Å². The number of nitro groups is 1. The minimum Gasteiger partial charge on any atom is -0.477 e. The number of benzene rings is 1. The number of aromatic carboxylic acids is 1. The first-order valence-electron chi connectivity index (χ1n) is 6.80. The van der Waals surface area contributed by atoms with Gasteiger partial charge in [-0.05, 0) is 24.4 Å². The first-order chi connectivity index (χ1) is 9.95. The van der Waals surface area contributed by atoms with Gasteiger partial charge in [0.05, 0.1) is 11.5 Å². The van der Waals surface area contributed by atoms with Crippen molar-refractivity contribution in [1.82, 2.24) is 4.90 Å². The molecule has 2 rings (SSSR count). The molecule has 1 aromatic rings. The number of hydrogen-bond donors (Lipinski definition) is 2. The lowest BCUT2D eigenvalue weighted by atomic mass is 10.0. The molecule has 2 atom stereocenters. The minimum absolute atomic E-state index is 0.00149. The van der Waals surface area contributed by atoms with Crippen molar-refractivity contribution in [2.75, 3.05) is 13.2 Å². The zero-order chi connectivity index (χ0) is 15.6. The molecule has 1 aliphatic rings. The SMILES string of the molecule is CC1CCN(Cc2cccc([N+](=O)[O-])c2C(=O)O)C1CO. The third kappa shape index (κ3) is 3.03. The van der Waals surface area contributed by atoms with Gasteiger partial charge in [-0.25, -0.2) is 4.79 Å². The molecule has 7 heteroatoms. The molecule has 0 aromatic heterocycles. The van der Waals surface area contributed by atoms with Gasteiger partial charge in [-0.1, -0.05) is 19.1 Å². The van der Waals surface area contributed by atoms with Crippen molar-refractivity contribution in [2.24, 2.45) is 5.92 Å². The summed E-state index contributed by atoms with van der Waals surface area (Å²) in [5.41, 5.74) is -0.254. The van der Waals surface area contributed by atoms with Crippen molar-refractivity contribution in [3.8, 4) is 0 Å². The van der Waals surface area contributed by atoms with Crippen molar-refractivity contribution < 1.29 is 19.9 Å². The molecule has 21 heavy (non-hydrogen) atoms. The third-order valence-corrected chi connectivity index (χ3v) is 4.10. The number of aliphatic hydroxyl groups is 1. The van der Waals surface area contributed by atoms with Gasteiger partial charge in [0.25, 0.3) is 5.69 Å². The number of carbonyl (C=O) groups is 1. The predicted octanol–water partition coefficient (Wildman–Crippen LogP) is 1.50. The Balaban J connectivity index is 2.34. The fourth-order valence-electron chi connectivity index (χ4n) is 2.92. The third-order valence-electron chi connectivity index (χ3n) is 4.10. The zero-order valence-corrected chi connectivity index (χ0v) is 11.7. The van der Waals surface area contributed by atoms with Gasteiger partial charge >= 0.3 is 5.97 Å². The predicted molar refractivity (Wildman–Crippen MR) is 75.1 cm³/mol. The van der Waals surface area contributed by atoms with Crippen LogP contribution in [0.5, 0.6) is 0 Å². The zero-order valence-electron chi connectivity index (χ0n) is 11.7. The summed E-state index contributed by atoms with van der Waals surface area (Å²) >= 11 is 0. The average Bonchev–Trinajstić information content (AvgIpc) is 2.78. The molecule has 1 saturated heterocycles. The van der Waals surface area contributed by atoms with Gasteiger partial charge in [-0.3, -0.25) is 15.0 Å². The number of nitro benzene ring substituents is 1. The molecule has 0 radical (unpaired) electrons. The Morgan fingerprint density at radius 2 is 2.24 bits per heavy atom. The van der Waals surface area contributed by atoms with E-state index in [9.17, 15) is 25.1 Å². The Morgan fingerprint density at radius 3 is 2.81 bits per heavy atom. The molecule has 0 amide bonds. The average molecular weight is 294 g/mol. The Bertz CT molecular complexity index is 560. The summed E-state index contributed by atoms with van der Waals surface area (Å²) in [6.07, 6.45) is 0.919. The summed E-state index contributed by atoms with van der Waals surface area (Å²) in [6, 6.07) is 4.25. The van der Waals surface area contributed by atoms with E-state index in [0.717, 1.165) is 13.0 Å². The number of hydrogen-bond acceptors (Lipinski definition) is 5. The van der Waals surface area contributed by atoms with Gasteiger partial charge in [0.2, 0.25) is 0 Å². The number of likely N-dealkylation sites (tertiary alicyclic amines) is 1. The maximum absolute atomic E-state index is 11.4. The van der Waals surface area contributed by atoms with Crippen molar-refractivity contribution in [1.29, 1.82) is 0 Å². The number of carboxylic acids is 1. The van der Waals surface area contributed by atoms with E-state index >= 15 is 0 Å². The number of carboxylic acid groups (broad SMARTS) is 1. The van der Waals surface area contributed by atoms with E-state index in [1.165, 1.54) is 12.1 Å². The molecule has 1 heterocycles. The summed E-state index contributed by atoms with van der Waals surface area (Å²) < 4.78 is 0. The Kier molecular flexibility index (Phi) is 4.54. The topological polar surface area (TPSA) is 104 Å². The fourth-order valence-corrected chi connectivity index (χ4v) is 2.92.